The lowest BCUT2D eigenvalue weighted by molar-refractivity contribution is 0.0597. The summed E-state index contributed by atoms with van der Waals surface area (Å²) in [5.41, 5.74) is 2.36. The maximum Gasteiger partial charge on any atom is 0.338 e. The minimum Gasteiger partial charge on any atom is -0.508 e. The molecule has 0 aliphatic rings. The fourth-order valence-corrected chi connectivity index (χ4v) is 3.79. The van der Waals surface area contributed by atoms with Crippen molar-refractivity contribution in [3.05, 3.63) is 106 Å². The first kappa shape index (κ1) is 20.1. The largest absolute Gasteiger partial charge is 0.508 e. The SMILES string of the molecule is COC(=O)c1ccccc1C(=O)c1c(C)c(C(=O)c2cccc(O)c2)c2ccccn12. The molecule has 0 aliphatic carbocycles. The van der Waals surface area contributed by atoms with E-state index in [9.17, 15) is 19.5 Å². The van der Waals surface area contributed by atoms with Crippen molar-refractivity contribution in [2.75, 3.05) is 7.11 Å². The fourth-order valence-electron chi connectivity index (χ4n) is 3.79. The molecule has 6 nitrogen and oxygen atoms in total. The monoisotopic (exact) mass is 413 g/mol. The quantitative estimate of drug-likeness (QED) is 0.391. The zero-order chi connectivity index (χ0) is 22.1. The van der Waals surface area contributed by atoms with Crippen LogP contribution in [0.3, 0.4) is 0 Å². The Bertz CT molecular complexity index is 1350. The highest BCUT2D eigenvalue weighted by Gasteiger charge is 2.28. The summed E-state index contributed by atoms with van der Waals surface area (Å²) in [5, 5.41) is 9.78. The van der Waals surface area contributed by atoms with Gasteiger partial charge in [0, 0.05) is 17.3 Å². The molecule has 2 aromatic carbocycles. The van der Waals surface area contributed by atoms with Crippen LogP contribution in [0.4, 0.5) is 0 Å². The van der Waals surface area contributed by atoms with Crippen LogP contribution in [0.15, 0.2) is 72.9 Å². The number of carbonyl (C=O) groups excluding carboxylic acids is 3. The molecule has 2 aromatic heterocycles. The molecular formula is C25H19NO5. The number of ketones is 2. The normalized spacial score (nSPS) is 10.8. The lowest BCUT2D eigenvalue weighted by Crippen LogP contribution is -2.13. The number of benzene rings is 2. The summed E-state index contributed by atoms with van der Waals surface area (Å²) in [6.07, 6.45) is 1.70. The third-order valence-electron chi connectivity index (χ3n) is 5.21. The average molecular weight is 413 g/mol. The number of ether oxygens (including phenoxy) is 1. The van der Waals surface area contributed by atoms with Crippen molar-refractivity contribution in [1.29, 1.82) is 0 Å². The maximum atomic E-state index is 13.6. The minimum absolute atomic E-state index is 0.0182. The predicted molar refractivity (Wildman–Crippen MR) is 115 cm³/mol. The smallest absolute Gasteiger partial charge is 0.338 e. The van der Waals surface area contributed by atoms with Crippen LogP contribution in [0.1, 0.15) is 47.9 Å². The van der Waals surface area contributed by atoms with Gasteiger partial charge in [0.15, 0.2) is 5.78 Å². The third kappa shape index (κ3) is 3.38. The van der Waals surface area contributed by atoms with Gasteiger partial charge in [-0.1, -0.05) is 36.4 Å². The molecule has 4 aromatic rings. The molecule has 0 fully saturated rings. The molecule has 0 spiro atoms. The molecular weight excluding hydrogens is 394 g/mol. The summed E-state index contributed by atoms with van der Waals surface area (Å²) in [6.45, 7) is 1.71. The molecule has 154 valence electrons. The molecule has 4 rings (SSSR count). The molecule has 0 bridgehead atoms. The Hall–Kier alpha value is -4.19. The Morgan fingerprint density at radius 2 is 1.58 bits per heavy atom. The number of aromatic nitrogens is 1. The second-order valence-corrected chi connectivity index (χ2v) is 7.05. The number of carbonyl (C=O) groups is 3. The number of fused-ring (bicyclic) bond motifs is 1. The standard InChI is InChI=1S/C25H19NO5/c1-15-21(23(28)16-8-7-9-17(27)14-16)20-12-5-6-13-26(20)22(15)24(29)18-10-3-4-11-19(18)25(30)31-2/h3-14,27H,1-2H3. The summed E-state index contributed by atoms with van der Waals surface area (Å²) in [6, 6.07) is 17.8. The number of methoxy groups -OCH3 is 1. The fraction of sp³-hybridized carbons (Fsp3) is 0.0800. The first-order valence-electron chi connectivity index (χ1n) is 9.59. The molecule has 0 radical (unpaired) electrons. The number of nitrogens with zero attached hydrogens (tertiary/aromatic N) is 1. The van der Waals surface area contributed by atoms with E-state index in [1.165, 1.54) is 25.3 Å². The molecule has 0 saturated heterocycles. The van der Waals surface area contributed by atoms with Gasteiger partial charge >= 0.3 is 5.97 Å². The zero-order valence-corrected chi connectivity index (χ0v) is 17.0. The zero-order valence-electron chi connectivity index (χ0n) is 17.0. The van der Waals surface area contributed by atoms with Gasteiger partial charge in [-0.05, 0) is 42.8 Å². The van der Waals surface area contributed by atoms with Gasteiger partial charge in [-0.2, -0.15) is 0 Å². The van der Waals surface area contributed by atoms with Crippen LogP contribution in [0, 0.1) is 6.92 Å². The van der Waals surface area contributed by atoms with Gasteiger partial charge in [-0.25, -0.2) is 4.79 Å². The van der Waals surface area contributed by atoms with Gasteiger partial charge in [-0.3, -0.25) is 9.59 Å². The van der Waals surface area contributed by atoms with Gasteiger partial charge in [0.1, 0.15) is 5.75 Å². The van der Waals surface area contributed by atoms with Crippen molar-refractivity contribution in [3.63, 3.8) is 0 Å². The molecule has 0 atom stereocenters. The van der Waals surface area contributed by atoms with Crippen molar-refractivity contribution < 1.29 is 24.2 Å². The number of esters is 1. The van der Waals surface area contributed by atoms with Gasteiger partial charge < -0.3 is 14.2 Å². The number of phenols is 1. The van der Waals surface area contributed by atoms with E-state index in [0.29, 0.717) is 22.2 Å². The Balaban J connectivity index is 1.94. The topological polar surface area (TPSA) is 85.1 Å². The first-order valence-corrected chi connectivity index (χ1v) is 9.59. The molecule has 0 unspecified atom stereocenters. The Labute approximate surface area is 178 Å². The Morgan fingerprint density at radius 3 is 2.29 bits per heavy atom. The van der Waals surface area contributed by atoms with E-state index in [0.717, 1.165) is 0 Å². The van der Waals surface area contributed by atoms with Gasteiger partial charge in [0.2, 0.25) is 5.78 Å². The lowest BCUT2D eigenvalue weighted by Gasteiger charge is -2.08. The minimum atomic E-state index is -0.612. The predicted octanol–water partition coefficient (Wildman–Crippen LogP) is 4.20. The summed E-state index contributed by atoms with van der Waals surface area (Å²) in [5.74, 6) is -1.33. The molecule has 0 saturated carbocycles. The summed E-state index contributed by atoms with van der Waals surface area (Å²) in [7, 11) is 1.26. The van der Waals surface area contributed by atoms with Crippen molar-refractivity contribution in [3.8, 4) is 5.75 Å². The molecule has 1 N–H and O–H groups in total. The molecule has 0 amide bonds. The van der Waals surface area contributed by atoms with Gasteiger partial charge in [0.25, 0.3) is 0 Å². The summed E-state index contributed by atoms with van der Waals surface area (Å²) < 4.78 is 6.47. The van der Waals surface area contributed by atoms with Crippen LogP contribution in [0.2, 0.25) is 0 Å². The third-order valence-corrected chi connectivity index (χ3v) is 5.21. The summed E-state index contributed by atoms with van der Waals surface area (Å²) >= 11 is 0. The van der Waals surface area contributed by atoms with Crippen LogP contribution in [0.5, 0.6) is 5.75 Å². The number of phenolic OH excluding ortho intramolecular Hbond substituents is 1. The van der Waals surface area contributed by atoms with E-state index in [-0.39, 0.29) is 28.4 Å². The number of hydrogen-bond donors (Lipinski definition) is 1. The van der Waals surface area contributed by atoms with E-state index < -0.39 is 11.8 Å². The van der Waals surface area contributed by atoms with E-state index >= 15 is 0 Å². The number of rotatable bonds is 5. The lowest BCUT2D eigenvalue weighted by atomic mass is 9.96. The van der Waals surface area contributed by atoms with Gasteiger partial charge in [0.05, 0.1) is 29.4 Å². The van der Waals surface area contributed by atoms with E-state index in [2.05, 4.69) is 0 Å². The van der Waals surface area contributed by atoms with Crippen molar-refractivity contribution >= 4 is 23.1 Å². The Kier molecular flexibility index (Phi) is 5.13. The highest BCUT2D eigenvalue weighted by Crippen LogP contribution is 2.29. The van der Waals surface area contributed by atoms with Crippen molar-refractivity contribution in [2.24, 2.45) is 0 Å². The molecule has 31 heavy (non-hydrogen) atoms. The average Bonchev–Trinajstić information content (AvgIpc) is 3.09. The van der Waals surface area contributed by atoms with Crippen LogP contribution in [0.25, 0.3) is 5.52 Å². The first-order chi connectivity index (χ1) is 14.9. The highest BCUT2D eigenvalue weighted by molar-refractivity contribution is 6.20. The number of hydrogen-bond acceptors (Lipinski definition) is 5. The summed E-state index contributed by atoms with van der Waals surface area (Å²) in [4.78, 5) is 39.1. The van der Waals surface area contributed by atoms with Crippen LogP contribution >= 0.6 is 0 Å². The van der Waals surface area contributed by atoms with Crippen LogP contribution in [-0.4, -0.2) is 34.2 Å². The molecule has 0 aliphatic heterocycles. The Morgan fingerprint density at radius 1 is 0.871 bits per heavy atom. The van der Waals surface area contributed by atoms with E-state index in [1.807, 2.05) is 0 Å². The maximum absolute atomic E-state index is 13.6. The van der Waals surface area contributed by atoms with Crippen molar-refractivity contribution in [2.45, 2.75) is 6.92 Å². The van der Waals surface area contributed by atoms with Gasteiger partial charge in [-0.15, -0.1) is 0 Å². The second-order valence-electron chi connectivity index (χ2n) is 7.05. The molecule has 6 heteroatoms. The van der Waals surface area contributed by atoms with E-state index in [4.69, 9.17) is 4.74 Å². The van der Waals surface area contributed by atoms with E-state index in [1.54, 1.807) is 66.1 Å². The highest BCUT2D eigenvalue weighted by atomic mass is 16.5. The number of aromatic hydroxyl groups is 1. The van der Waals surface area contributed by atoms with Crippen LogP contribution < -0.4 is 0 Å². The molecule has 2 heterocycles. The second kappa shape index (κ2) is 7.91. The number of pyridine rings is 1. The van der Waals surface area contributed by atoms with Crippen LogP contribution in [-0.2, 0) is 4.74 Å². The van der Waals surface area contributed by atoms with Crippen molar-refractivity contribution in [1.82, 2.24) is 4.40 Å².